The fourth-order valence-corrected chi connectivity index (χ4v) is 2.02. The fraction of sp³-hybridized carbons (Fsp3) is 0.222. The van der Waals surface area contributed by atoms with Crippen molar-refractivity contribution in [2.45, 2.75) is 13.5 Å². The van der Waals surface area contributed by atoms with E-state index in [2.05, 4.69) is 5.32 Å². The number of para-hydroxylation sites is 1. The molecule has 0 aliphatic heterocycles. The third-order valence-electron chi connectivity index (χ3n) is 3.27. The lowest BCUT2D eigenvalue weighted by Crippen LogP contribution is -2.28. The molecule has 0 spiro atoms. The summed E-state index contributed by atoms with van der Waals surface area (Å²) in [5, 5.41) is 2.77. The van der Waals surface area contributed by atoms with Gasteiger partial charge in [0, 0.05) is 6.54 Å². The predicted molar refractivity (Wildman–Crippen MR) is 86.8 cm³/mol. The Hall–Kier alpha value is -2.82. The number of amides is 1. The van der Waals surface area contributed by atoms with Crippen LogP contribution in [0, 0.1) is 0 Å². The van der Waals surface area contributed by atoms with E-state index in [4.69, 9.17) is 9.47 Å². The van der Waals surface area contributed by atoms with Crippen LogP contribution >= 0.6 is 0 Å². The number of benzene rings is 2. The summed E-state index contributed by atoms with van der Waals surface area (Å²) < 4.78 is 10.5. The zero-order valence-electron chi connectivity index (χ0n) is 13.2. The average molecular weight is 313 g/mol. The summed E-state index contributed by atoms with van der Waals surface area (Å²) >= 11 is 0. The van der Waals surface area contributed by atoms with Gasteiger partial charge in [-0.05, 0) is 36.8 Å². The third kappa shape index (κ3) is 4.85. The minimum Gasteiger partial charge on any atom is -0.497 e. The number of ether oxygens (including phenoxy) is 2. The number of hydrogen-bond donors (Lipinski definition) is 1. The van der Waals surface area contributed by atoms with Gasteiger partial charge in [-0.3, -0.25) is 9.59 Å². The smallest absolute Gasteiger partial charge is 0.258 e. The summed E-state index contributed by atoms with van der Waals surface area (Å²) in [5.74, 6) is 0.835. The molecule has 0 atom stereocenters. The van der Waals surface area contributed by atoms with Crippen molar-refractivity contribution in [2.24, 2.45) is 0 Å². The Morgan fingerprint density at radius 2 is 1.74 bits per heavy atom. The van der Waals surface area contributed by atoms with Gasteiger partial charge in [0.25, 0.3) is 5.91 Å². The number of methoxy groups -OCH3 is 1. The lowest BCUT2D eigenvalue weighted by atomic mass is 10.1. The topological polar surface area (TPSA) is 64.6 Å². The third-order valence-corrected chi connectivity index (χ3v) is 3.27. The van der Waals surface area contributed by atoms with E-state index in [1.807, 2.05) is 24.3 Å². The first-order chi connectivity index (χ1) is 11.1. The van der Waals surface area contributed by atoms with Crippen LogP contribution in [-0.2, 0) is 11.3 Å². The molecule has 1 N–H and O–H groups in total. The van der Waals surface area contributed by atoms with Crippen molar-refractivity contribution in [3.05, 3.63) is 59.7 Å². The van der Waals surface area contributed by atoms with Crippen LogP contribution in [0.15, 0.2) is 48.5 Å². The van der Waals surface area contributed by atoms with Crippen LogP contribution < -0.4 is 14.8 Å². The summed E-state index contributed by atoms with van der Waals surface area (Å²) in [5.41, 5.74) is 1.43. The van der Waals surface area contributed by atoms with Crippen LogP contribution in [0.3, 0.4) is 0 Å². The van der Waals surface area contributed by atoms with Gasteiger partial charge in [0.15, 0.2) is 12.4 Å². The molecule has 0 aliphatic rings. The quantitative estimate of drug-likeness (QED) is 0.798. The summed E-state index contributed by atoms with van der Waals surface area (Å²) in [6.07, 6.45) is 0. The van der Waals surface area contributed by atoms with Gasteiger partial charge in [-0.15, -0.1) is 0 Å². The minimum atomic E-state index is -0.251. The van der Waals surface area contributed by atoms with Gasteiger partial charge >= 0.3 is 0 Å². The van der Waals surface area contributed by atoms with Gasteiger partial charge < -0.3 is 14.8 Å². The van der Waals surface area contributed by atoms with Crippen LogP contribution in [0.25, 0.3) is 0 Å². The van der Waals surface area contributed by atoms with Gasteiger partial charge in [-0.1, -0.05) is 24.3 Å². The van der Waals surface area contributed by atoms with Gasteiger partial charge in [-0.2, -0.15) is 0 Å². The highest BCUT2D eigenvalue weighted by atomic mass is 16.5. The van der Waals surface area contributed by atoms with Gasteiger partial charge in [-0.25, -0.2) is 0 Å². The number of rotatable bonds is 7. The number of carbonyl (C=O) groups excluding carboxylic acids is 2. The predicted octanol–water partition coefficient (Wildman–Crippen LogP) is 2.59. The molecule has 0 saturated heterocycles. The van der Waals surface area contributed by atoms with Crippen LogP contribution in [0.2, 0.25) is 0 Å². The molecule has 0 aromatic heterocycles. The molecule has 0 heterocycles. The zero-order valence-corrected chi connectivity index (χ0v) is 13.2. The first-order valence-electron chi connectivity index (χ1n) is 7.22. The summed E-state index contributed by atoms with van der Waals surface area (Å²) in [4.78, 5) is 23.3. The molecule has 2 rings (SSSR count). The molecule has 0 unspecified atom stereocenters. The molecule has 2 aromatic rings. The fourth-order valence-electron chi connectivity index (χ4n) is 2.02. The van der Waals surface area contributed by atoms with Crippen molar-refractivity contribution in [2.75, 3.05) is 13.7 Å². The van der Waals surface area contributed by atoms with Crippen molar-refractivity contribution in [1.82, 2.24) is 5.32 Å². The number of nitrogens with one attached hydrogen (secondary N) is 1. The van der Waals surface area contributed by atoms with Crippen molar-refractivity contribution in [3.63, 3.8) is 0 Å². The van der Waals surface area contributed by atoms with Crippen LogP contribution in [0.1, 0.15) is 22.8 Å². The monoisotopic (exact) mass is 313 g/mol. The maximum Gasteiger partial charge on any atom is 0.258 e. The Kier molecular flexibility index (Phi) is 5.74. The Labute approximate surface area is 135 Å². The van der Waals surface area contributed by atoms with Gasteiger partial charge in [0.2, 0.25) is 0 Å². The molecule has 23 heavy (non-hydrogen) atoms. The molecule has 2 aromatic carbocycles. The number of carbonyl (C=O) groups is 2. The van der Waals surface area contributed by atoms with Crippen LogP contribution in [0.5, 0.6) is 11.5 Å². The Morgan fingerprint density at radius 1 is 1.04 bits per heavy atom. The van der Waals surface area contributed by atoms with Crippen molar-refractivity contribution < 1.29 is 19.1 Å². The first kappa shape index (κ1) is 16.5. The van der Waals surface area contributed by atoms with Crippen LogP contribution in [0.4, 0.5) is 0 Å². The molecule has 0 fully saturated rings. The molecular weight excluding hydrogens is 294 g/mol. The highest BCUT2D eigenvalue weighted by Gasteiger charge is 2.09. The molecule has 5 heteroatoms. The number of Topliss-reactive ketones (excluding diaryl/α,β-unsaturated/α-hetero) is 1. The molecule has 5 nitrogen and oxygen atoms in total. The van der Waals surface area contributed by atoms with E-state index in [-0.39, 0.29) is 18.3 Å². The molecular formula is C18H19NO4. The lowest BCUT2D eigenvalue weighted by Gasteiger charge is -2.10. The van der Waals surface area contributed by atoms with Gasteiger partial charge in [0.05, 0.1) is 12.7 Å². The van der Waals surface area contributed by atoms with Crippen molar-refractivity contribution in [3.8, 4) is 11.5 Å². The van der Waals surface area contributed by atoms with E-state index < -0.39 is 0 Å². The summed E-state index contributed by atoms with van der Waals surface area (Å²) in [6, 6.07) is 14.3. The molecule has 0 radical (unpaired) electrons. The van der Waals surface area contributed by atoms with E-state index in [9.17, 15) is 9.59 Å². The molecule has 0 bridgehead atoms. The SMILES string of the molecule is COc1ccc(CNC(=O)COc2ccccc2C(C)=O)cc1. The van der Waals surface area contributed by atoms with E-state index in [0.717, 1.165) is 11.3 Å². The highest BCUT2D eigenvalue weighted by molar-refractivity contribution is 5.96. The largest absolute Gasteiger partial charge is 0.497 e. The molecule has 120 valence electrons. The Balaban J connectivity index is 1.84. The van der Waals surface area contributed by atoms with E-state index in [0.29, 0.717) is 17.9 Å². The summed E-state index contributed by atoms with van der Waals surface area (Å²) in [7, 11) is 1.60. The van der Waals surface area contributed by atoms with E-state index >= 15 is 0 Å². The van der Waals surface area contributed by atoms with E-state index in [1.54, 1.807) is 31.4 Å². The molecule has 0 saturated carbocycles. The standard InChI is InChI=1S/C18H19NO4/c1-13(20)16-5-3-4-6-17(16)23-12-18(21)19-11-14-7-9-15(22-2)10-8-14/h3-10H,11-12H2,1-2H3,(H,19,21). The summed E-state index contributed by atoms with van der Waals surface area (Å²) in [6.45, 7) is 1.73. The molecule has 0 aliphatic carbocycles. The van der Waals surface area contributed by atoms with Crippen molar-refractivity contribution >= 4 is 11.7 Å². The second-order valence-corrected chi connectivity index (χ2v) is 4.97. The highest BCUT2D eigenvalue weighted by Crippen LogP contribution is 2.18. The first-order valence-corrected chi connectivity index (χ1v) is 7.22. The maximum absolute atomic E-state index is 11.8. The molecule has 1 amide bonds. The second-order valence-electron chi connectivity index (χ2n) is 4.97. The minimum absolute atomic E-state index is 0.0979. The Morgan fingerprint density at radius 3 is 2.39 bits per heavy atom. The normalized spacial score (nSPS) is 10.0. The zero-order chi connectivity index (χ0) is 16.7. The maximum atomic E-state index is 11.8. The lowest BCUT2D eigenvalue weighted by molar-refractivity contribution is -0.123. The number of hydrogen-bond acceptors (Lipinski definition) is 4. The van der Waals surface area contributed by atoms with Crippen LogP contribution in [-0.4, -0.2) is 25.4 Å². The Bertz CT molecular complexity index is 680. The van der Waals surface area contributed by atoms with Gasteiger partial charge in [0.1, 0.15) is 11.5 Å². The second kappa shape index (κ2) is 7.98. The number of ketones is 1. The van der Waals surface area contributed by atoms with E-state index in [1.165, 1.54) is 6.92 Å². The average Bonchev–Trinajstić information content (AvgIpc) is 2.58. The van der Waals surface area contributed by atoms with Crippen molar-refractivity contribution in [1.29, 1.82) is 0 Å².